The van der Waals surface area contributed by atoms with E-state index in [0.717, 1.165) is 63.9 Å². The number of piperazine rings is 1. The molecule has 138 valence electrons. The maximum absolute atomic E-state index is 11.6. The quantitative estimate of drug-likeness (QED) is 0.916. The first-order chi connectivity index (χ1) is 12.7. The first-order valence-corrected chi connectivity index (χ1v) is 9.73. The van der Waals surface area contributed by atoms with Gasteiger partial charge in [0.25, 0.3) is 0 Å². The molecule has 5 nitrogen and oxygen atoms in total. The molecule has 5 heteroatoms. The van der Waals surface area contributed by atoms with Gasteiger partial charge in [-0.2, -0.15) is 0 Å². The van der Waals surface area contributed by atoms with E-state index in [1.807, 2.05) is 18.3 Å². The molecular weight excluding hydrogens is 326 g/mol. The second-order valence-corrected chi connectivity index (χ2v) is 7.64. The van der Waals surface area contributed by atoms with Crippen molar-refractivity contribution in [1.29, 1.82) is 0 Å². The number of aromatic nitrogens is 1. The fourth-order valence-electron chi connectivity index (χ4n) is 4.55. The van der Waals surface area contributed by atoms with Gasteiger partial charge in [0, 0.05) is 50.3 Å². The van der Waals surface area contributed by atoms with Crippen LogP contribution in [0.2, 0.25) is 0 Å². The summed E-state index contributed by atoms with van der Waals surface area (Å²) in [4.78, 5) is 21.0. The number of benzene rings is 1. The lowest BCUT2D eigenvalue weighted by Crippen LogP contribution is -2.53. The summed E-state index contributed by atoms with van der Waals surface area (Å²) in [7, 11) is 0. The highest BCUT2D eigenvalue weighted by molar-refractivity contribution is 5.78. The Bertz CT molecular complexity index is 771. The second kappa shape index (κ2) is 7.72. The number of hydrogen-bond donors (Lipinski definition) is 1. The maximum Gasteiger partial charge on any atom is 0.308 e. The van der Waals surface area contributed by atoms with Crippen LogP contribution in [0.1, 0.15) is 31.2 Å². The summed E-state index contributed by atoms with van der Waals surface area (Å²) < 4.78 is 0. The number of para-hydroxylation sites is 1. The zero-order chi connectivity index (χ0) is 17.9. The summed E-state index contributed by atoms with van der Waals surface area (Å²) in [5, 5.41) is 10.7. The van der Waals surface area contributed by atoms with Crippen molar-refractivity contribution < 1.29 is 9.90 Å². The van der Waals surface area contributed by atoms with E-state index in [0.29, 0.717) is 0 Å². The molecular formula is C21H27N3O2. The van der Waals surface area contributed by atoms with Crippen molar-refractivity contribution in [3.8, 4) is 0 Å². The van der Waals surface area contributed by atoms with Gasteiger partial charge in [0.2, 0.25) is 0 Å². The van der Waals surface area contributed by atoms with Gasteiger partial charge in [0.1, 0.15) is 0 Å². The summed E-state index contributed by atoms with van der Waals surface area (Å²) in [6, 6.07) is 10.7. The number of rotatable bonds is 4. The Morgan fingerprint density at radius 2 is 1.88 bits per heavy atom. The summed E-state index contributed by atoms with van der Waals surface area (Å²) >= 11 is 0. The number of aliphatic carboxylic acids is 1. The van der Waals surface area contributed by atoms with E-state index in [1.54, 1.807) is 0 Å². The predicted octanol–water partition coefficient (Wildman–Crippen LogP) is 3.00. The molecule has 0 radical (unpaired) electrons. The third kappa shape index (κ3) is 3.74. The Balaban J connectivity index is 1.36. The van der Waals surface area contributed by atoms with Gasteiger partial charge >= 0.3 is 5.97 Å². The lowest BCUT2D eigenvalue weighted by atomic mass is 9.83. The van der Waals surface area contributed by atoms with Crippen LogP contribution in [0, 0.1) is 5.92 Å². The molecule has 1 aromatic carbocycles. The highest BCUT2D eigenvalue weighted by Gasteiger charge is 2.35. The lowest BCUT2D eigenvalue weighted by molar-refractivity contribution is -0.146. The zero-order valence-corrected chi connectivity index (χ0v) is 15.2. The van der Waals surface area contributed by atoms with E-state index in [2.05, 4.69) is 33.0 Å². The average molecular weight is 353 g/mol. The first kappa shape index (κ1) is 17.4. The number of nitrogens with zero attached hydrogens (tertiary/aromatic N) is 3. The topological polar surface area (TPSA) is 56.7 Å². The monoisotopic (exact) mass is 353 g/mol. The van der Waals surface area contributed by atoms with E-state index in [-0.39, 0.29) is 12.0 Å². The summed E-state index contributed by atoms with van der Waals surface area (Å²) in [6.07, 6.45) is 6.07. The zero-order valence-electron chi connectivity index (χ0n) is 15.2. The van der Waals surface area contributed by atoms with Crippen LogP contribution in [0.25, 0.3) is 10.9 Å². The molecule has 0 bridgehead atoms. The summed E-state index contributed by atoms with van der Waals surface area (Å²) in [5.74, 6) is -0.792. The smallest absolute Gasteiger partial charge is 0.308 e. The van der Waals surface area contributed by atoms with Crippen LogP contribution in [-0.2, 0) is 11.3 Å². The largest absolute Gasteiger partial charge is 0.481 e. The highest BCUT2D eigenvalue weighted by Crippen LogP contribution is 2.29. The molecule has 1 aliphatic carbocycles. The standard InChI is InChI=1S/C21H27N3O2/c25-21(26)18-6-2-4-8-20(18)24-11-9-23(10-12-24)15-16-13-17-5-1-3-7-19(17)22-14-16/h1,3,5,7,13-14,18,20H,2,4,6,8-12,15H2,(H,25,26)/t18-,20-/m1/s1. The highest BCUT2D eigenvalue weighted by atomic mass is 16.4. The third-order valence-electron chi connectivity index (χ3n) is 5.98. The van der Waals surface area contributed by atoms with Crippen LogP contribution in [-0.4, -0.2) is 58.1 Å². The van der Waals surface area contributed by atoms with Crippen molar-refractivity contribution >= 4 is 16.9 Å². The number of hydrogen-bond acceptors (Lipinski definition) is 4. The molecule has 1 aliphatic heterocycles. The molecule has 2 fully saturated rings. The van der Waals surface area contributed by atoms with Crippen molar-refractivity contribution in [3.05, 3.63) is 42.1 Å². The SMILES string of the molecule is O=C(O)[C@@H]1CCCC[C@H]1N1CCN(Cc2cnc3ccccc3c2)CC1. The van der Waals surface area contributed by atoms with E-state index >= 15 is 0 Å². The van der Waals surface area contributed by atoms with E-state index < -0.39 is 5.97 Å². The normalized spacial score (nSPS) is 25.4. The molecule has 1 aromatic heterocycles. The van der Waals surface area contributed by atoms with Gasteiger partial charge in [-0.25, -0.2) is 0 Å². The minimum absolute atomic E-state index is 0.181. The van der Waals surface area contributed by atoms with Crippen molar-refractivity contribution in [2.45, 2.75) is 38.3 Å². The van der Waals surface area contributed by atoms with Crippen molar-refractivity contribution in [1.82, 2.24) is 14.8 Å². The van der Waals surface area contributed by atoms with E-state index in [9.17, 15) is 9.90 Å². The summed E-state index contributed by atoms with van der Waals surface area (Å²) in [6.45, 7) is 4.84. The Hall–Kier alpha value is -1.98. The van der Waals surface area contributed by atoms with Gasteiger partial charge in [0.05, 0.1) is 11.4 Å². The predicted molar refractivity (Wildman–Crippen MR) is 102 cm³/mol. The molecule has 2 aliphatic rings. The average Bonchev–Trinajstić information content (AvgIpc) is 2.68. The number of fused-ring (bicyclic) bond motifs is 1. The molecule has 1 saturated heterocycles. The lowest BCUT2D eigenvalue weighted by Gasteiger charge is -2.43. The van der Waals surface area contributed by atoms with Crippen LogP contribution in [0.5, 0.6) is 0 Å². The van der Waals surface area contributed by atoms with Crippen molar-refractivity contribution in [3.63, 3.8) is 0 Å². The number of pyridine rings is 1. The summed E-state index contributed by atoms with van der Waals surface area (Å²) in [5.41, 5.74) is 2.29. The van der Waals surface area contributed by atoms with Gasteiger partial charge < -0.3 is 5.11 Å². The number of carboxylic acid groups (broad SMARTS) is 1. The molecule has 0 spiro atoms. The molecule has 0 amide bonds. The van der Waals surface area contributed by atoms with Crippen molar-refractivity contribution in [2.75, 3.05) is 26.2 Å². The van der Waals surface area contributed by atoms with Gasteiger partial charge in [-0.3, -0.25) is 19.6 Å². The van der Waals surface area contributed by atoms with Crippen LogP contribution >= 0.6 is 0 Å². The van der Waals surface area contributed by atoms with E-state index in [1.165, 1.54) is 10.9 Å². The minimum atomic E-state index is -0.612. The van der Waals surface area contributed by atoms with Gasteiger partial charge in [-0.05, 0) is 30.5 Å². The number of carbonyl (C=O) groups is 1. The maximum atomic E-state index is 11.6. The molecule has 0 unspecified atom stereocenters. The van der Waals surface area contributed by atoms with Gasteiger partial charge in [-0.1, -0.05) is 31.0 Å². The van der Waals surface area contributed by atoms with Crippen molar-refractivity contribution in [2.24, 2.45) is 5.92 Å². The molecule has 2 aromatic rings. The number of carboxylic acids is 1. The molecule has 26 heavy (non-hydrogen) atoms. The van der Waals surface area contributed by atoms with Crippen LogP contribution in [0.3, 0.4) is 0 Å². The van der Waals surface area contributed by atoms with E-state index in [4.69, 9.17) is 0 Å². The van der Waals surface area contributed by atoms with Crippen LogP contribution < -0.4 is 0 Å². The van der Waals surface area contributed by atoms with Gasteiger partial charge in [-0.15, -0.1) is 0 Å². The van der Waals surface area contributed by atoms with Gasteiger partial charge in [0.15, 0.2) is 0 Å². The first-order valence-electron chi connectivity index (χ1n) is 9.73. The Morgan fingerprint density at radius 3 is 2.69 bits per heavy atom. The Kier molecular flexibility index (Phi) is 5.18. The second-order valence-electron chi connectivity index (χ2n) is 7.64. The molecule has 1 saturated carbocycles. The Morgan fingerprint density at radius 1 is 1.12 bits per heavy atom. The fraction of sp³-hybridized carbons (Fsp3) is 0.524. The third-order valence-corrected chi connectivity index (χ3v) is 5.98. The molecule has 1 N–H and O–H groups in total. The van der Waals surface area contributed by atoms with Crippen LogP contribution in [0.4, 0.5) is 0 Å². The van der Waals surface area contributed by atoms with Crippen LogP contribution in [0.15, 0.2) is 36.5 Å². The molecule has 2 atom stereocenters. The molecule has 4 rings (SSSR count). The minimum Gasteiger partial charge on any atom is -0.481 e. The Labute approximate surface area is 154 Å². The fourth-order valence-corrected chi connectivity index (χ4v) is 4.55. The molecule has 2 heterocycles.